The summed E-state index contributed by atoms with van der Waals surface area (Å²) in [6, 6.07) is 12.1. The van der Waals surface area contributed by atoms with Crippen LogP contribution in [0.2, 0.25) is 0 Å². The normalized spacial score (nSPS) is 11.2. The van der Waals surface area contributed by atoms with Crippen molar-refractivity contribution in [2.45, 2.75) is 11.8 Å². The van der Waals surface area contributed by atoms with Crippen LogP contribution in [0.3, 0.4) is 0 Å². The zero-order valence-corrected chi connectivity index (χ0v) is 15.3. The van der Waals surface area contributed by atoms with Gasteiger partial charge in [-0.3, -0.25) is 14.9 Å². The maximum absolute atomic E-state index is 12.2. The van der Waals surface area contributed by atoms with Gasteiger partial charge in [0.15, 0.2) is 15.6 Å². The Balaban J connectivity index is 1.83. The number of rotatable bonds is 5. The second-order valence-corrected chi connectivity index (χ2v) is 7.75. The number of Topliss-reactive ketones (excluding diaryl/α,β-unsaturated/α-hetero) is 1. The summed E-state index contributed by atoms with van der Waals surface area (Å²) in [4.78, 5) is 23.6. The molecule has 9 heteroatoms. The average molecular weight is 385 g/mol. The molecule has 1 heterocycles. The van der Waals surface area contributed by atoms with Crippen molar-refractivity contribution in [2.24, 2.45) is 0 Å². The zero-order chi connectivity index (χ0) is 19.6. The van der Waals surface area contributed by atoms with Gasteiger partial charge in [-0.25, -0.2) is 8.42 Å². The molecule has 27 heavy (non-hydrogen) atoms. The predicted octanol–water partition coefficient (Wildman–Crippen LogP) is 2.60. The van der Waals surface area contributed by atoms with Gasteiger partial charge in [-0.2, -0.15) is 0 Å². The summed E-state index contributed by atoms with van der Waals surface area (Å²) in [6.07, 6.45) is 1.08. The second-order valence-electron chi connectivity index (χ2n) is 5.77. The number of carbonyl (C=O) groups is 2. The highest BCUT2D eigenvalue weighted by Crippen LogP contribution is 2.27. The van der Waals surface area contributed by atoms with Crippen LogP contribution in [-0.2, 0) is 9.84 Å². The van der Waals surface area contributed by atoms with Gasteiger partial charge in [0.2, 0.25) is 0 Å². The minimum Gasteiger partial charge on any atom is -0.403 e. The van der Waals surface area contributed by atoms with E-state index in [1.54, 1.807) is 24.3 Å². The number of aromatic nitrogens is 2. The number of hydrogen-bond donors (Lipinski definition) is 1. The first-order valence-electron chi connectivity index (χ1n) is 7.81. The van der Waals surface area contributed by atoms with E-state index in [9.17, 15) is 18.0 Å². The molecule has 0 aliphatic heterocycles. The van der Waals surface area contributed by atoms with Crippen LogP contribution in [0.4, 0.5) is 6.01 Å². The summed E-state index contributed by atoms with van der Waals surface area (Å²) in [5.74, 6) is -0.636. The lowest BCUT2D eigenvalue weighted by molar-refractivity contribution is 0.100. The molecule has 0 bridgehead atoms. The van der Waals surface area contributed by atoms with E-state index >= 15 is 0 Å². The molecule has 0 atom stereocenters. The summed E-state index contributed by atoms with van der Waals surface area (Å²) in [5.41, 5.74) is 1.04. The lowest BCUT2D eigenvalue weighted by Gasteiger charge is -2.03. The third kappa shape index (κ3) is 4.09. The predicted molar refractivity (Wildman–Crippen MR) is 97.2 cm³/mol. The van der Waals surface area contributed by atoms with Crippen molar-refractivity contribution < 1.29 is 22.4 Å². The SMILES string of the molecule is CC(=O)c1ccc(C(=O)Nc2nnc(-c3ccccc3S(C)(=O)=O)o2)cc1. The fraction of sp³-hybridized carbons (Fsp3) is 0.111. The van der Waals surface area contributed by atoms with Gasteiger partial charge in [0.25, 0.3) is 11.8 Å². The lowest BCUT2D eigenvalue weighted by Crippen LogP contribution is -2.12. The number of benzene rings is 2. The highest BCUT2D eigenvalue weighted by Gasteiger charge is 2.19. The Hall–Kier alpha value is -3.33. The third-order valence-electron chi connectivity index (χ3n) is 3.72. The molecule has 0 aliphatic rings. The van der Waals surface area contributed by atoms with Gasteiger partial charge >= 0.3 is 6.01 Å². The van der Waals surface area contributed by atoms with Crippen LogP contribution < -0.4 is 5.32 Å². The largest absolute Gasteiger partial charge is 0.403 e. The Kier molecular flexibility index (Phi) is 4.87. The standard InChI is InChI=1S/C18H15N3O5S/c1-11(22)12-7-9-13(10-8-12)16(23)19-18-21-20-17(26-18)14-5-3-4-6-15(14)27(2,24)25/h3-10H,1-2H3,(H,19,21,23). The number of carbonyl (C=O) groups excluding carboxylic acids is 2. The quantitative estimate of drug-likeness (QED) is 0.670. The number of amides is 1. The van der Waals surface area contributed by atoms with Crippen molar-refractivity contribution in [1.29, 1.82) is 0 Å². The molecule has 138 valence electrons. The molecule has 0 radical (unpaired) electrons. The molecule has 0 unspecified atom stereocenters. The minimum atomic E-state index is -3.49. The van der Waals surface area contributed by atoms with E-state index < -0.39 is 15.7 Å². The van der Waals surface area contributed by atoms with Gasteiger partial charge in [0, 0.05) is 17.4 Å². The molecule has 0 saturated heterocycles. The van der Waals surface area contributed by atoms with E-state index in [4.69, 9.17) is 4.42 Å². The number of anilines is 1. The van der Waals surface area contributed by atoms with E-state index in [1.807, 2.05) is 0 Å². The molecule has 3 rings (SSSR count). The van der Waals surface area contributed by atoms with Gasteiger partial charge in [0.1, 0.15) is 0 Å². The number of nitrogens with one attached hydrogen (secondary N) is 1. The summed E-state index contributed by atoms with van der Waals surface area (Å²) in [6.45, 7) is 1.43. The van der Waals surface area contributed by atoms with Crippen LogP contribution in [0.25, 0.3) is 11.5 Å². The second kappa shape index (κ2) is 7.12. The van der Waals surface area contributed by atoms with E-state index in [2.05, 4.69) is 15.5 Å². The van der Waals surface area contributed by atoms with Crippen molar-refractivity contribution in [3.05, 3.63) is 59.7 Å². The van der Waals surface area contributed by atoms with Crippen LogP contribution >= 0.6 is 0 Å². The van der Waals surface area contributed by atoms with Crippen LogP contribution in [0, 0.1) is 0 Å². The van der Waals surface area contributed by atoms with Crippen LogP contribution in [0.15, 0.2) is 57.8 Å². The molecule has 0 spiro atoms. The monoisotopic (exact) mass is 385 g/mol. The minimum absolute atomic E-state index is 0.0294. The highest BCUT2D eigenvalue weighted by molar-refractivity contribution is 7.90. The van der Waals surface area contributed by atoms with Gasteiger partial charge in [-0.05, 0) is 31.2 Å². The summed E-state index contributed by atoms with van der Waals surface area (Å²) in [7, 11) is -3.49. The van der Waals surface area contributed by atoms with Crippen molar-refractivity contribution in [3.63, 3.8) is 0 Å². The van der Waals surface area contributed by atoms with Crippen molar-refractivity contribution in [3.8, 4) is 11.5 Å². The molecule has 2 aromatic carbocycles. The maximum atomic E-state index is 12.2. The molecular formula is C18H15N3O5S. The van der Waals surface area contributed by atoms with E-state index in [1.165, 1.54) is 31.2 Å². The fourth-order valence-corrected chi connectivity index (χ4v) is 3.26. The fourth-order valence-electron chi connectivity index (χ4n) is 2.37. The van der Waals surface area contributed by atoms with Crippen LogP contribution in [-0.4, -0.2) is 36.6 Å². The molecule has 1 aromatic heterocycles. The molecule has 3 aromatic rings. The number of nitrogens with zero attached hydrogens (tertiary/aromatic N) is 2. The average Bonchev–Trinajstić information content (AvgIpc) is 3.09. The third-order valence-corrected chi connectivity index (χ3v) is 4.87. The first-order chi connectivity index (χ1) is 12.8. The topological polar surface area (TPSA) is 119 Å². The van der Waals surface area contributed by atoms with Gasteiger partial charge < -0.3 is 4.42 Å². The highest BCUT2D eigenvalue weighted by atomic mass is 32.2. The maximum Gasteiger partial charge on any atom is 0.322 e. The lowest BCUT2D eigenvalue weighted by atomic mass is 10.1. The van der Waals surface area contributed by atoms with E-state index in [0.717, 1.165) is 6.26 Å². The van der Waals surface area contributed by atoms with Gasteiger partial charge in [-0.1, -0.05) is 29.4 Å². The first kappa shape index (κ1) is 18.5. The first-order valence-corrected chi connectivity index (χ1v) is 9.70. The molecular weight excluding hydrogens is 370 g/mol. The number of ketones is 1. The molecule has 1 N–H and O–H groups in total. The van der Waals surface area contributed by atoms with Crippen molar-refractivity contribution >= 4 is 27.5 Å². The Morgan fingerprint density at radius 1 is 0.963 bits per heavy atom. The zero-order valence-electron chi connectivity index (χ0n) is 14.5. The Labute approximate surface area is 155 Å². The Morgan fingerprint density at radius 2 is 1.59 bits per heavy atom. The smallest absolute Gasteiger partial charge is 0.322 e. The number of hydrogen-bond acceptors (Lipinski definition) is 7. The molecule has 8 nitrogen and oxygen atoms in total. The summed E-state index contributed by atoms with van der Waals surface area (Å²) >= 11 is 0. The number of sulfone groups is 1. The van der Waals surface area contributed by atoms with Crippen LogP contribution in [0.1, 0.15) is 27.6 Å². The van der Waals surface area contributed by atoms with Crippen molar-refractivity contribution in [2.75, 3.05) is 11.6 Å². The summed E-state index contributed by atoms with van der Waals surface area (Å²) in [5, 5.41) is 9.98. The van der Waals surface area contributed by atoms with E-state index in [0.29, 0.717) is 11.1 Å². The van der Waals surface area contributed by atoms with E-state index in [-0.39, 0.29) is 28.1 Å². The molecule has 0 saturated carbocycles. The molecule has 1 amide bonds. The Bertz CT molecular complexity index is 1120. The molecule has 0 fully saturated rings. The van der Waals surface area contributed by atoms with Crippen molar-refractivity contribution in [1.82, 2.24) is 10.2 Å². The Morgan fingerprint density at radius 3 is 2.22 bits per heavy atom. The van der Waals surface area contributed by atoms with Gasteiger partial charge in [-0.15, -0.1) is 5.10 Å². The van der Waals surface area contributed by atoms with Crippen LogP contribution in [0.5, 0.6) is 0 Å². The van der Waals surface area contributed by atoms with Gasteiger partial charge in [0.05, 0.1) is 10.5 Å². The molecule has 0 aliphatic carbocycles. The summed E-state index contributed by atoms with van der Waals surface area (Å²) < 4.78 is 29.2.